The van der Waals surface area contributed by atoms with Gasteiger partial charge >= 0.3 is 0 Å². The highest BCUT2D eigenvalue weighted by atomic mass is 35.5. The quantitative estimate of drug-likeness (QED) is 0.118. The van der Waals surface area contributed by atoms with Crippen molar-refractivity contribution < 1.29 is 28.8 Å². The van der Waals surface area contributed by atoms with E-state index in [2.05, 4.69) is 15.0 Å². The van der Waals surface area contributed by atoms with E-state index >= 15 is 0 Å². The fourth-order valence-electron chi connectivity index (χ4n) is 6.52. The second-order valence-electron chi connectivity index (χ2n) is 13.0. The molecule has 0 saturated carbocycles. The summed E-state index contributed by atoms with van der Waals surface area (Å²) in [7, 11) is 0. The molecule has 0 aliphatic carbocycles. The molecular weight excluding hydrogens is 680 g/mol. The molecule has 6 aromatic rings. The van der Waals surface area contributed by atoms with Crippen LogP contribution in [0.4, 0.5) is 0 Å². The monoisotopic (exact) mass is 720 g/mol. The zero-order chi connectivity index (χ0) is 35.8. The number of fused-ring (bicyclic) bond motifs is 1. The Kier molecular flexibility index (Phi) is 11.6. The Morgan fingerprint density at radius 3 is 1.73 bits per heavy atom. The molecule has 268 valence electrons. The van der Waals surface area contributed by atoms with Gasteiger partial charge in [0.15, 0.2) is 17.0 Å². The number of nitrogens with zero attached hydrogens (tertiary/aromatic N) is 4. The minimum atomic E-state index is -1.75. The molecule has 52 heavy (non-hydrogen) atoms. The minimum Gasteiger partial charge on any atom is -0.383 e. The first-order valence-electron chi connectivity index (χ1n) is 17.3. The smallest absolute Gasteiger partial charge is 0.168 e. The van der Waals surface area contributed by atoms with Gasteiger partial charge in [-0.2, -0.15) is 0 Å². The van der Waals surface area contributed by atoms with Crippen molar-refractivity contribution >= 4 is 22.8 Å². The van der Waals surface area contributed by atoms with Crippen LogP contribution in [0.3, 0.4) is 0 Å². The molecule has 0 spiro atoms. The third kappa shape index (κ3) is 8.40. The van der Waals surface area contributed by atoms with E-state index in [1.165, 1.54) is 6.33 Å². The lowest BCUT2D eigenvalue weighted by atomic mass is 9.89. The number of hydrogen-bond acceptors (Lipinski definition) is 9. The summed E-state index contributed by atoms with van der Waals surface area (Å²) in [4.78, 5) is 13.1. The maximum Gasteiger partial charge on any atom is 0.168 e. The summed E-state index contributed by atoms with van der Waals surface area (Å²) in [6.07, 6.45) is -1.55. The number of imidazole rings is 1. The molecule has 11 heteroatoms. The van der Waals surface area contributed by atoms with Crippen LogP contribution < -0.4 is 0 Å². The topological polar surface area (TPSA) is 110 Å². The number of benzene rings is 4. The van der Waals surface area contributed by atoms with Crippen molar-refractivity contribution in [3.63, 3.8) is 0 Å². The van der Waals surface area contributed by atoms with Gasteiger partial charge in [0.05, 0.1) is 39.4 Å². The Balaban J connectivity index is 1.32. The van der Waals surface area contributed by atoms with Gasteiger partial charge in [-0.25, -0.2) is 15.0 Å². The Labute approximate surface area is 307 Å². The van der Waals surface area contributed by atoms with Gasteiger partial charge < -0.3 is 28.8 Å². The second-order valence-corrected chi connectivity index (χ2v) is 13.3. The molecule has 6 atom stereocenters. The molecule has 1 saturated heterocycles. The van der Waals surface area contributed by atoms with Crippen molar-refractivity contribution in [3.8, 4) is 0 Å². The van der Waals surface area contributed by atoms with Crippen LogP contribution in [0.2, 0.25) is 5.15 Å². The number of halogens is 1. The Bertz CT molecular complexity index is 1980. The molecule has 4 aromatic carbocycles. The summed E-state index contributed by atoms with van der Waals surface area (Å²) in [5.41, 5.74) is 2.88. The highest BCUT2D eigenvalue weighted by molar-refractivity contribution is 6.33. The standard InChI is InChI=1S/C41H41ClN4O6/c1-41(47)37(51-25-32-20-12-5-13-21-32)36(50-24-31-18-10-4-11-19-31)35(49-23-30-16-8-3-9-17-30)33(26-48-22-29-14-6-2-7-15-29)52-40(41)46-28-45-34-38(42)43-27-44-39(34)46/h2-21,27-28,33,35-37,40,47H,22-26H2,1H3/t33-,35+,36+,37-,40-,41+/m1/s1. The molecule has 1 fully saturated rings. The molecule has 2 aromatic heterocycles. The van der Waals surface area contributed by atoms with Crippen molar-refractivity contribution in [1.82, 2.24) is 19.5 Å². The first-order chi connectivity index (χ1) is 25.5. The summed E-state index contributed by atoms with van der Waals surface area (Å²) in [6, 6.07) is 39.5. The molecule has 3 heterocycles. The third-order valence-corrected chi connectivity index (χ3v) is 9.45. The van der Waals surface area contributed by atoms with Crippen molar-refractivity contribution in [2.45, 2.75) is 69.6 Å². The van der Waals surface area contributed by atoms with E-state index in [0.29, 0.717) is 17.8 Å². The average molecular weight is 721 g/mol. The molecule has 0 radical (unpaired) electrons. The second kappa shape index (κ2) is 16.9. The summed E-state index contributed by atoms with van der Waals surface area (Å²) in [6.45, 7) is 2.82. The average Bonchev–Trinajstić information content (AvgIpc) is 3.58. The van der Waals surface area contributed by atoms with Crippen molar-refractivity contribution in [2.75, 3.05) is 6.61 Å². The zero-order valence-corrected chi connectivity index (χ0v) is 29.5. The molecular formula is C41H41ClN4O6. The molecule has 0 bridgehead atoms. The number of hydrogen-bond donors (Lipinski definition) is 1. The van der Waals surface area contributed by atoms with Crippen LogP contribution in [0.25, 0.3) is 11.2 Å². The van der Waals surface area contributed by atoms with Gasteiger partial charge in [-0.1, -0.05) is 133 Å². The molecule has 10 nitrogen and oxygen atoms in total. The maximum atomic E-state index is 12.9. The van der Waals surface area contributed by atoms with Crippen LogP contribution in [-0.2, 0) is 50.1 Å². The van der Waals surface area contributed by atoms with E-state index in [1.807, 2.05) is 121 Å². The summed E-state index contributed by atoms with van der Waals surface area (Å²) < 4.78 is 35.4. The van der Waals surface area contributed by atoms with E-state index in [9.17, 15) is 5.11 Å². The van der Waals surface area contributed by atoms with Crippen LogP contribution in [0.1, 0.15) is 35.4 Å². The predicted molar refractivity (Wildman–Crippen MR) is 196 cm³/mol. The normalized spacial score (nSPS) is 23.4. The lowest BCUT2D eigenvalue weighted by Crippen LogP contribution is -2.56. The maximum absolute atomic E-state index is 12.9. The number of rotatable bonds is 14. The van der Waals surface area contributed by atoms with E-state index in [4.69, 9.17) is 35.3 Å². The molecule has 0 unspecified atom stereocenters. The summed E-state index contributed by atoms with van der Waals surface area (Å²) >= 11 is 6.44. The van der Waals surface area contributed by atoms with Gasteiger partial charge in [0.2, 0.25) is 0 Å². The third-order valence-electron chi connectivity index (χ3n) is 9.17. The Morgan fingerprint density at radius 1 is 0.673 bits per heavy atom. The summed E-state index contributed by atoms with van der Waals surface area (Å²) in [5, 5.41) is 13.1. The van der Waals surface area contributed by atoms with Crippen LogP contribution in [0.5, 0.6) is 0 Å². The fraction of sp³-hybridized carbons (Fsp3) is 0.293. The largest absolute Gasteiger partial charge is 0.383 e. The number of aromatic nitrogens is 4. The molecule has 1 aliphatic heterocycles. The van der Waals surface area contributed by atoms with Crippen LogP contribution in [0.15, 0.2) is 134 Å². The Hall–Kier alpha value is -4.52. The zero-order valence-electron chi connectivity index (χ0n) is 28.8. The van der Waals surface area contributed by atoms with E-state index in [0.717, 1.165) is 22.3 Å². The molecule has 1 aliphatic rings. The van der Waals surface area contributed by atoms with Gasteiger partial charge in [-0.05, 0) is 29.2 Å². The van der Waals surface area contributed by atoms with E-state index in [1.54, 1.807) is 17.8 Å². The predicted octanol–water partition coefficient (Wildman–Crippen LogP) is 7.10. The van der Waals surface area contributed by atoms with E-state index < -0.39 is 36.2 Å². The SMILES string of the molecule is C[C@]1(O)[C@H](OCc2ccccc2)[C@@H](OCc2ccccc2)[C@@H](OCc2ccccc2)[C@@H](COCc2ccccc2)O[C@H]1n1cnc2c(Cl)ncnc21. The fourth-order valence-corrected chi connectivity index (χ4v) is 6.70. The van der Waals surface area contributed by atoms with Gasteiger partial charge in [-0.3, -0.25) is 4.57 Å². The van der Waals surface area contributed by atoms with Gasteiger partial charge in [0, 0.05) is 0 Å². The van der Waals surface area contributed by atoms with Crippen LogP contribution in [-0.4, -0.2) is 61.2 Å². The molecule has 1 N–H and O–H groups in total. The lowest BCUT2D eigenvalue weighted by Gasteiger charge is -2.40. The van der Waals surface area contributed by atoms with E-state index in [-0.39, 0.29) is 31.6 Å². The van der Waals surface area contributed by atoms with Crippen LogP contribution >= 0.6 is 11.6 Å². The first kappa shape index (κ1) is 35.9. The van der Waals surface area contributed by atoms with Gasteiger partial charge in [-0.15, -0.1) is 0 Å². The molecule has 0 amide bonds. The van der Waals surface area contributed by atoms with Gasteiger partial charge in [0.1, 0.15) is 41.9 Å². The highest BCUT2D eigenvalue weighted by Crippen LogP contribution is 2.41. The van der Waals surface area contributed by atoms with Gasteiger partial charge in [0.25, 0.3) is 0 Å². The number of aliphatic hydroxyl groups is 1. The number of ether oxygens (including phenoxy) is 5. The van der Waals surface area contributed by atoms with Crippen LogP contribution in [0, 0.1) is 0 Å². The highest BCUT2D eigenvalue weighted by Gasteiger charge is 2.56. The van der Waals surface area contributed by atoms with Crippen molar-refractivity contribution in [3.05, 3.63) is 161 Å². The Morgan fingerprint density at radius 2 is 1.17 bits per heavy atom. The minimum absolute atomic E-state index is 0.111. The van der Waals surface area contributed by atoms with Crippen molar-refractivity contribution in [1.29, 1.82) is 0 Å². The lowest BCUT2D eigenvalue weighted by molar-refractivity contribution is -0.219. The van der Waals surface area contributed by atoms with Crippen molar-refractivity contribution in [2.24, 2.45) is 0 Å². The molecule has 7 rings (SSSR count). The first-order valence-corrected chi connectivity index (χ1v) is 17.6. The summed E-state index contributed by atoms with van der Waals surface area (Å²) in [5.74, 6) is 0.